The highest BCUT2D eigenvalue weighted by Gasteiger charge is 1.98. The minimum absolute atomic E-state index is 0.155. The Balaban J connectivity index is 1.89. The zero-order valence-corrected chi connectivity index (χ0v) is 8.97. The first-order valence-corrected chi connectivity index (χ1v) is 5.01. The van der Waals surface area contributed by atoms with Crippen LogP contribution in [0.4, 0.5) is 5.82 Å². The normalized spacial score (nSPS) is 10.3. The van der Waals surface area contributed by atoms with E-state index in [2.05, 4.69) is 20.4 Å². The van der Waals surface area contributed by atoms with E-state index in [1.807, 2.05) is 17.8 Å². The van der Waals surface area contributed by atoms with Gasteiger partial charge in [-0.25, -0.2) is 4.98 Å². The summed E-state index contributed by atoms with van der Waals surface area (Å²) in [5.74, 6) is 0.589. The second kappa shape index (κ2) is 4.61. The van der Waals surface area contributed by atoms with Crippen LogP contribution >= 0.6 is 0 Å². The van der Waals surface area contributed by atoms with Crippen LogP contribution in [0.1, 0.15) is 5.69 Å². The molecule has 0 saturated heterocycles. The maximum atomic E-state index is 11.0. The van der Waals surface area contributed by atoms with Gasteiger partial charge in [0.25, 0.3) is 5.56 Å². The van der Waals surface area contributed by atoms with E-state index in [-0.39, 0.29) is 5.56 Å². The predicted octanol–water partition coefficient (Wildman–Crippen LogP) is 0.158. The van der Waals surface area contributed by atoms with Gasteiger partial charge in [0, 0.05) is 38.0 Å². The van der Waals surface area contributed by atoms with E-state index >= 15 is 0 Å². The summed E-state index contributed by atoms with van der Waals surface area (Å²) < 4.78 is 1.83. The first kappa shape index (κ1) is 10.4. The first-order chi connectivity index (χ1) is 7.75. The quantitative estimate of drug-likeness (QED) is 0.768. The topological polar surface area (TPSA) is 75.6 Å². The van der Waals surface area contributed by atoms with Crippen molar-refractivity contribution in [3.8, 4) is 0 Å². The summed E-state index contributed by atoms with van der Waals surface area (Å²) in [4.78, 5) is 17.4. The van der Waals surface area contributed by atoms with Gasteiger partial charge in [-0.2, -0.15) is 5.10 Å². The standard InChI is InChI=1S/C10H13N5O/c1-15-8(3-5-14-15)2-4-11-9-6-10(16)13-7-12-9/h3,5-7H,2,4H2,1H3,(H2,11,12,13,16). The van der Waals surface area contributed by atoms with Gasteiger partial charge in [-0.3, -0.25) is 9.48 Å². The Labute approximate surface area is 92.3 Å². The minimum atomic E-state index is -0.155. The molecule has 0 aromatic carbocycles. The molecule has 0 radical (unpaired) electrons. The lowest BCUT2D eigenvalue weighted by Gasteiger charge is -2.04. The van der Waals surface area contributed by atoms with Crippen LogP contribution in [-0.4, -0.2) is 26.3 Å². The molecule has 2 N–H and O–H groups in total. The Bertz CT molecular complexity index is 516. The van der Waals surface area contributed by atoms with Crippen molar-refractivity contribution in [2.75, 3.05) is 11.9 Å². The van der Waals surface area contributed by atoms with Crippen molar-refractivity contribution in [1.29, 1.82) is 0 Å². The first-order valence-electron chi connectivity index (χ1n) is 5.01. The van der Waals surface area contributed by atoms with Crippen molar-refractivity contribution in [2.45, 2.75) is 6.42 Å². The smallest absolute Gasteiger partial charge is 0.252 e. The maximum Gasteiger partial charge on any atom is 0.252 e. The molecular weight excluding hydrogens is 206 g/mol. The van der Waals surface area contributed by atoms with Crippen LogP contribution in [0.5, 0.6) is 0 Å². The average Bonchev–Trinajstić information content (AvgIpc) is 2.65. The van der Waals surface area contributed by atoms with Gasteiger partial charge >= 0.3 is 0 Å². The third-order valence-corrected chi connectivity index (χ3v) is 2.29. The van der Waals surface area contributed by atoms with E-state index in [4.69, 9.17) is 0 Å². The fourth-order valence-corrected chi connectivity index (χ4v) is 1.43. The maximum absolute atomic E-state index is 11.0. The summed E-state index contributed by atoms with van der Waals surface area (Å²) >= 11 is 0. The highest BCUT2D eigenvalue weighted by atomic mass is 16.1. The van der Waals surface area contributed by atoms with Crippen LogP contribution in [0.15, 0.2) is 29.5 Å². The van der Waals surface area contributed by atoms with Gasteiger partial charge in [0.2, 0.25) is 0 Å². The summed E-state index contributed by atoms with van der Waals surface area (Å²) in [7, 11) is 1.90. The monoisotopic (exact) mass is 219 g/mol. The molecule has 84 valence electrons. The molecule has 0 spiro atoms. The Morgan fingerprint density at radius 2 is 2.44 bits per heavy atom. The number of nitrogens with one attached hydrogen (secondary N) is 2. The van der Waals surface area contributed by atoms with E-state index < -0.39 is 0 Å². The number of nitrogens with zero attached hydrogens (tertiary/aromatic N) is 3. The molecule has 16 heavy (non-hydrogen) atoms. The zero-order chi connectivity index (χ0) is 11.4. The summed E-state index contributed by atoms with van der Waals surface area (Å²) in [5.41, 5.74) is 0.982. The van der Waals surface area contributed by atoms with E-state index in [0.29, 0.717) is 5.82 Å². The van der Waals surface area contributed by atoms with Gasteiger partial charge in [-0.15, -0.1) is 0 Å². The molecule has 0 saturated carbocycles. The lowest BCUT2D eigenvalue weighted by Crippen LogP contribution is -2.12. The highest BCUT2D eigenvalue weighted by Crippen LogP contribution is 1.99. The second-order valence-corrected chi connectivity index (χ2v) is 3.42. The van der Waals surface area contributed by atoms with Crippen molar-refractivity contribution in [3.05, 3.63) is 40.7 Å². The molecule has 2 rings (SSSR count). The molecule has 2 aromatic rings. The van der Waals surface area contributed by atoms with Crippen molar-refractivity contribution < 1.29 is 0 Å². The Hall–Kier alpha value is -2.11. The van der Waals surface area contributed by atoms with Crippen molar-refractivity contribution in [1.82, 2.24) is 19.7 Å². The molecule has 6 heteroatoms. The number of aryl methyl sites for hydroxylation is 1. The van der Waals surface area contributed by atoms with Crippen LogP contribution in [0.2, 0.25) is 0 Å². The van der Waals surface area contributed by atoms with E-state index in [1.54, 1.807) is 6.20 Å². The minimum Gasteiger partial charge on any atom is -0.369 e. The molecule has 0 aliphatic carbocycles. The lowest BCUT2D eigenvalue weighted by atomic mass is 10.3. The van der Waals surface area contributed by atoms with Gasteiger partial charge < -0.3 is 10.3 Å². The Kier molecular flexibility index (Phi) is 3.00. The van der Waals surface area contributed by atoms with Crippen LogP contribution in [0, 0.1) is 0 Å². The van der Waals surface area contributed by atoms with E-state index in [1.165, 1.54) is 12.4 Å². The van der Waals surface area contributed by atoms with Crippen molar-refractivity contribution in [2.24, 2.45) is 7.05 Å². The van der Waals surface area contributed by atoms with Gasteiger partial charge in [0.15, 0.2) is 0 Å². The van der Waals surface area contributed by atoms with E-state index in [0.717, 1.165) is 18.7 Å². The van der Waals surface area contributed by atoms with Crippen LogP contribution in [0.25, 0.3) is 0 Å². The lowest BCUT2D eigenvalue weighted by molar-refractivity contribution is 0.711. The Morgan fingerprint density at radius 1 is 1.56 bits per heavy atom. The van der Waals surface area contributed by atoms with Crippen LogP contribution < -0.4 is 10.9 Å². The SMILES string of the molecule is Cn1nccc1CCNc1cc(=O)[nH]cn1. The number of anilines is 1. The molecule has 0 bridgehead atoms. The van der Waals surface area contributed by atoms with Gasteiger partial charge in [-0.1, -0.05) is 0 Å². The molecule has 0 aliphatic heterocycles. The highest BCUT2D eigenvalue weighted by molar-refractivity contribution is 5.31. The molecule has 0 amide bonds. The number of H-pyrrole nitrogens is 1. The van der Waals surface area contributed by atoms with Crippen molar-refractivity contribution in [3.63, 3.8) is 0 Å². The summed E-state index contributed by atoms with van der Waals surface area (Å²) in [6.07, 6.45) is 3.99. The average molecular weight is 219 g/mol. The molecule has 2 heterocycles. The fourth-order valence-electron chi connectivity index (χ4n) is 1.43. The number of aromatic nitrogens is 4. The number of aromatic amines is 1. The Morgan fingerprint density at radius 3 is 3.12 bits per heavy atom. The molecule has 2 aromatic heterocycles. The number of hydrogen-bond donors (Lipinski definition) is 2. The zero-order valence-electron chi connectivity index (χ0n) is 8.97. The third kappa shape index (κ3) is 2.47. The predicted molar refractivity (Wildman–Crippen MR) is 60.3 cm³/mol. The van der Waals surface area contributed by atoms with Crippen LogP contribution in [0.3, 0.4) is 0 Å². The molecule has 0 unspecified atom stereocenters. The molecule has 0 fully saturated rings. The summed E-state index contributed by atoms with van der Waals surface area (Å²) in [6.45, 7) is 0.718. The fraction of sp³-hybridized carbons (Fsp3) is 0.300. The third-order valence-electron chi connectivity index (χ3n) is 2.29. The van der Waals surface area contributed by atoms with E-state index in [9.17, 15) is 4.79 Å². The van der Waals surface area contributed by atoms with Gasteiger partial charge in [0.1, 0.15) is 5.82 Å². The molecule has 0 aliphatic rings. The largest absolute Gasteiger partial charge is 0.369 e. The van der Waals surface area contributed by atoms with Gasteiger partial charge in [-0.05, 0) is 6.07 Å². The number of rotatable bonds is 4. The molecular formula is C10H13N5O. The van der Waals surface area contributed by atoms with Crippen molar-refractivity contribution >= 4 is 5.82 Å². The second-order valence-electron chi connectivity index (χ2n) is 3.42. The number of hydrogen-bond acceptors (Lipinski definition) is 4. The van der Waals surface area contributed by atoms with Crippen LogP contribution in [-0.2, 0) is 13.5 Å². The summed E-state index contributed by atoms with van der Waals surface area (Å²) in [6, 6.07) is 3.40. The molecule has 6 nitrogen and oxygen atoms in total. The molecule has 0 atom stereocenters. The van der Waals surface area contributed by atoms with Gasteiger partial charge in [0.05, 0.1) is 6.33 Å². The summed E-state index contributed by atoms with van der Waals surface area (Å²) in [5, 5.41) is 7.15.